The summed E-state index contributed by atoms with van der Waals surface area (Å²) in [6.45, 7) is 6.72. The molecule has 1 saturated carbocycles. The number of hydrogen-bond acceptors (Lipinski definition) is 1. The molecule has 0 aromatic heterocycles. The number of rotatable bonds is 4. The zero-order valence-corrected chi connectivity index (χ0v) is 11.1. The predicted octanol–water partition coefficient (Wildman–Crippen LogP) is 3.70. The van der Waals surface area contributed by atoms with Gasteiger partial charge in [-0.2, -0.15) is 0 Å². The van der Waals surface area contributed by atoms with E-state index in [2.05, 4.69) is 43.4 Å². The normalized spacial score (nSPS) is 17.4. The van der Waals surface area contributed by atoms with Gasteiger partial charge in [-0.05, 0) is 30.7 Å². The Bertz CT molecular complexity index is 331. The highest BCUT2D eigenvalue weighted by atomic mass is 35.5. The van der Waals surface area contributed by atoms with E-state index in [1.165, 1.54) is 36.9 Å². The molecule has 0 atom stereocenters. The Balaban J connectivity index is 0.00000128. The Kier molecular flexibility index (Phi) is 4.82. The molecule has 2 heteroatoms. The largest absolute Gasteiger partial charge is 0.312 e. The number of aryl methyl sites for hydroxylation is 1. The van der Waals surface area contributed by atoms with E-state index in [0.717, 1.165) is 6.54 Å². The van der Waals surface area contributed by atoms with Crippen LogP contribution in [0, 0.1) is 12.3 Å². The number of halogens is 1. The standard InChI is InChI=1S/C14H21N.ClH/c1-12-5-3-6-13(9-12)10-15-11-14(2)7-4-8-14;/h3,5-6,9,15H,4,7-8,10-11H2,1-2H3;1H. The van der Waals surface area contributed by atoms with E-state index in [1.54, 1.807) is 0 Å². The van der Waals surface area contributed by atoms with E-state index >= 15 is 0 Å². The van der Waals surface area contributed by atoms with Gasteiger partial charge in [-0.1, -0.05) is 43.2 Å². The molecular formula is C14H22ClN. The Hall–Kier alpha value is -0.530. The van der Waals surface area contributed by atoms with Gasteiger partial charge in [0.1, 0.15) is 0 Å². The Morgan fingerprint density at radius 1 is 1.31 bits per heavy atom. The van der Waals surface area contributed by atoms with Gasteiger partial charge in [-0.25, -0.2) is 0 Å². The third kappa shape index (κ3) is 3.50. The lowest BCUT2D eigenvalue weighted by Crippen LogP contribution is -2.36. The van der Waals surface area contributed by atoms with Crippen LogP contribution in [-0.4, -0.2) is 6.54 Å². The summed E-state index contributed by atoms with van der Waals surface area (Å²) in [7, 11) is 0. The minimum atomic E-state index is 0. The van der Waals surface area contributed by atoms with Crippen molar-refractivity contribution in [3.05, 3.63) is 35.4 Å². The molecule has 0 heterocycles. The minimum Gasteiger partial charge on any atom is -0.312 e. The van der Waals surface area contributed by atoms with Gasteiger partial charge < -0.3 is 5.32 Å². The fraction of sp³-hybridized carbons (Fsp3) is 0.571. The minimum absolute atomic E-state index is 0. The van der Waals surface area contributed by atoms with Crippen LogP contribution in [0.1, 0.15) is 37.3 Å². The summed E-state index contributed by atoms with van der Waals surface area (Å²) in [5, 5.41) is 3.57. The SMILES string of the molecule is Cc1cccc(CNCC2(C)CCC2)c1.Cl. The summed E-state index contributed by atoms with van der Waals surface area (Å²) in [6.07, 6.45) is 4.21. The number of nitrogens with one attached hydrogen (secondary N) is 1. The maximum absolute atomic E-state index is 3.57. The highest BCUT2D eigenvalue weighted by molar-refractivity contribution is 5.85. The Labute approximate surface area is 105 Å². The Morgan fingerprint density at radius 3 is 2.62 bits per heavy atom. The van der Waals surface area contributed by atoms with Crippen LogP contribution in [0.4, 0.5) is 0 Å². The molecule has 0 aliphatic heterocycles. The van der Waals surface area contributed by atoms with Crippen molar-refractivity contribution in [3.63, 3.8) is 0 Å². The van der Waals surface area contributed by atoms with Crippen molar-refractivity contribution in [3.8, 4) is 0 Å². The average molecular weight is 240 g/mol. The smallest absolute Gasteiger partial charge is 0.0205 e. The lowest BCUT2D eigenvalue weighted by atomic mass is 9.70. The van der Waals surface area contributed by atoms with Gasteiger partial charge in [-0.3, -0.25) is 0 Å². The average Bonchev–Trinajstić information content (AvgIpc) is 2.15. The van der Waals surface area contributed by atoms with E-state index in [4.69, 9.17) is 0 Å². The molecule has 1 aromatic carbocycles. The lowest BCUT2D eigenvalue weighted by Gasteiger charge is -2.38. The maximum atomic E-state index is 3.57. The van der Waals surface area contributed by atoms with E-state index in [1.807, 2.05) is 0 Å². The topological polar surface area (TPSA) is 12.0 Å². The van der Waals surface area contributed by atoms with Gasteiger partial charge in [-0.15, -0.1) is 12.4 Å². The molecular weight excluding hydrogens is 218 g/mol. The summed E-state index contributed by atoms with van der Waals surface area (Å²) < 4.78 is 0. The highest BCUT2D eigenvalue weighted by Gasteiger charge is 2.30. The van der Waals surface area contributed by atoms with Crippen LogP contribution in [0.3, 0.4) is 0 Å². The zero-order valence-electron chi connectivity index (χ0n) is 10.3. The van der Waals surface area contributed by atoms with Crippen molar-refractivity contribution in [2.24, 2.45) is 5.41 Å². The first-order valence-corrected chi connectivity index (χ1v) is 5.94. The number of benzene rings is 1. The van der Waals surface area contributed by atoms with Crippen LogP contribution < -0.4 is 5.32 Å². The molecule has 0 radical (unpaired) electrons. The van der Waals surface area contributed by atoms with Gasteiger partial charge in [0.15, 0.2) is 0 Å². The third-order valence-corrected chi connectivity index (χ3v) is 3.52. The second-order valence-corrected chi connectivity index (χ2v) is 5.26. The highest BCUT2D eigenvalue weighted by Crippen LogP contribution is 2.39. The van der Waals surface area contributed by atoms with E-state index < -0.39 is 0 Å². The molecule has 1 aliphatic rings. The van der Waals surface area contributed by atoms with Crippen molar-refractivity contribution in [2.45, 2.75) is 39.7 Å². The summed E-state index contributed by atoms with van der Waals surface area (Å²) in [5.74, 6) is 0. The van der Waals surface area contributed by atoms with Gasteiger partial charge >= 0.3 is 0 Å². The predicted molar refractivity (Wildman–Crippen MR) is 72.1 cm³/mol. The molecule has 1 aliphatic carbocycles. The van der Waals surface area contributed by atoms with Gasteiger partial charge in [0.25, 0.3) is 0 Å². The van der Waals surface area contributed by atoms with Crippen molar-refractivity contribution in [2.75, 3.05) is 6.54 Å². The van der Waals surface area contributed by atoms with Crippen LogP contribution in [-0.2, 0) is 6.54 Å². The second-order valence-electron chi connectivity index (χ2n) is 5.26. The molecule has 0 bridgehead atoms. The molecule has 0 spiro atoms. The van der Waals surface area contributed by atoms with Crippen LogP contribution in [0.15, 0.2) is 24.3 Å². The van der Waals surface area contributed by atoms with Gasteiger partial charge in [0.05, 0.1) is 0 Å². The molecule has 1 nitrogen and oxygen atoms in total. The molecule has 90 valence electrons. The zero-order chi connectivity index (χ0) is 10.7. The monoisotopic (exact) mass is 239 g/mol. The summed E-state index contributed by atoms with van der Waals surface area (Å²) >= 11 is 0. The summed E-state index contributed by atoms with van der Waals surface area (Å²) in [6, 6.07) is 8.74. The van der Waals surface area contributed by atoms with Crippen molar-refractivity contribution in [1.29, 1.82) is 0 Å². The Morgan fingerprint density at radius 2 is 2.06 bits per heavy atom. The van der Waals surface area contributed by atoms with Crippen molar-refractivity contribution >= 4 is 12.4 Å². The summed E-state index contributed by atoms with van der Waals surface area (Å²) in [4.78, 5) is 0. The molecule has 0 amide bonds. The lowest BCUT2D eigenvalue weighted by molar-refractivity contribution is 0.156. The molecule has 0 unspecified atom stereocenters. The van der Waals surface area contributed by atoms with Crippen molar-refractivity contribution in [1.82, 2.24) is 5.32 Å². The van der Waals surface area contributed by atoms with Gasteiger partial charge in [0, 0.05) is 13.1 Å². The molecule has 16 heavy (non-hydrogen) atoms. The summed E-state index contributed by atoms with van der Waals surface area (Å²) in [5.41, 5.74) is 3.34. The van der Waals surface area contributed by atoms with E-state index in [0.29, 0.717) is 5.41 Å². The third-order valence-electron chi connectivity index (χ3n) is 3.52. The number of hydrogen-bond donors (Lipinski definition) is 1. The molecule has 1 fully saturated rings. The molecule has 2 rings (SSSR count). The van der Waals surface area contributed by atoms with Crippen LogP contribution in [0.25, 0.3) is 0 Å². The molecule has 1 N–H and O–H groups in total. The molecule has 0 saturated heterocycles. The van der Waals surface area contributed by atoms with Gasteiger partial charge in [0.2, 0.25) is 0 Å². The first-order valence-electron chi connectivity index (χ1n) is 5.94. The van der Waals surface area contributed by atoms with Crippen LogP contribution in [0.5, 0.6) is 0 Å². The van der Waals surface area contributed by atoms with Crippen LogP contribution >= 0.6 is 12.4 Å². The fourth-order valence-electron chi connectivity index (χ4n) is 2.29. The van der Waals surface area contributed by atoms with E-state index in [-0.39, 0.29) is 12.4 Å². The fourth-order valence-corrected chi connectivity index (χ4v) is 2.29. The second kappa shape index (κ2) is 5.70. The van der Waals surface area contributed by atoms with E-state index in [9.17, 15) is 0 Å². The quantitative estimate of drug-likeness (QED) is 0.845. The van der Waals surface area contributed by atoms with Crippen molar-refractivity contribution < 1.29 is 0 Å². The first-order chi connectivity index (χ1) is 7.18. The van der Waals surface area contributed by atoms with Crippen LogP contribution in [0.2, 0.25) is 0 Å². The molecule has 1 aromatic rings. The first kappa shape index (κ1) is 13.5. The maximum Gasteiger partial charge on any atom is 0.0205 e.